The van der Waals surface area contributed by atoms with E-state index >= 15 is 0 Å². The number of hydrogen-bond acceptors (Lipinski definition) is 3. The summed E-state index contributed by atoms with van der Waals surface area (Å²) < 4.78 is 18.5. The molecule has 0 aromatic heterocycles. The van der Waals surface area contributed by atoms with Gasteiger partial charge in [0, 0.05) is 37.4 Å². The summed E-state index contributed by atoms with van der Waals surface area (Å²) in [5, 5.41) is 0. The molecule has 0 atom stereocenters. The Morgan fingerprint density at radius 3 is 2.41 bits per heavy atom. The van der Waals surface area contributed by atoms with E-state index in [0.717, 1.165) is 48.7 Å². The van der Waals surface area contributed by atoms with Gasteiger partial charge in [0.2, 0.25) is 0 Å². The van der Waals surface area contributed by atoms with Gasteiger partial charge in [-0.2, -0.15) is 0 Å². The lowest BCUT2D eigenvalue weighted by atomic mass is 10.1. The third kappa shape index (κ3) is 5.47. The molecule has 0 amide bonds. The first-order valence-electron chi connectivity index (χ1n) is 8.75. The molecule has 3 rings (SSSR count). The van der Waals surface area contributed by atoms with Gasteiger partial charge in [-0.1, -0.05) is 12.1 Å². The van der Waals surface area contributed by atoms with Crippen LogP contribution in [0.2, 0.25) is 0 Å². The van der Waals surface area contributed by atoms with Crippen LogP contribution in [0.5, 0.6) is 5.75 Å². The van der Waals surface area contributed by atoms with Gasteiger partial charge in [-0.15, -0.1) is 24.0 Å². The number of nitrogens with zero attached hydrogens (tertiary/aromatic N) is 3. The molecule has 0 radical (unpaired) electrons. The Bertz CT molecular complexity index is 774. The molecule has 1 fully saturated rings. The fourth-order valence-corrected chi connectivity index (χ4v) is 3.09. The predicted octanol–water partition coefficient (Wildman–Crippen LogP) is 3.40. The molecule has 1 saturated heterocycles. The van der Waals surface area contributed by atoms with Crippen molar-refractivity contribution in [1.82, 2.24) is 4.90 Å². The average Bonchev–Trinajstić information content (AvgIpc) is 2.67. The molecule has 0 spiro atoms. The smallest absolute Gasteiger partial charge is 0.191 e. The molecule has 27 heavy (non-hydrogen) atoms. The molecule has 1 aliphatic heterocycles. The van der Waals surface area contributed by atoms with Crippen LogP contribution < -0.4 is 15.4 Å². The molecular weight excluding hydrogens is 458 g/mol. The minimum Gasteiger partial charge on any atom is -0.496 e. The van der Waals surface area contributed by atoms with Crippen molar-refractivity contribution >= 4 is 35.6 Å². The van der Waals surface area contributed by atoms with Crippen molar-refractivity contribution in [3.63, 3.8) is 0 Å². The number of hydrogen-bond donors (Lipinski definition) is 1. The first kappa shape index (κ1) is 21.3. The molecule has 2 aromatic rings. The predicted molar refractivity (Wildman–Crippen MR) is 119 cm³/mol. The molecule has 0 saturated carbocycles. The van der Waals surface area contributed by atoms with Gasteiger partial charge >= 0.3 is 0 Å². The van der Waals surface area contributed by atoms with Crippen molar-refractivity contribution in [3.8, 4) is 5.75 Å². The Labute approximate surface area is 177 Å². The second-order valence-electron chi connectivity index (χ2n) is 6.44. The van der Waals surface area contributed by atoms with E-state index in [4.69, 9.17) is 10.5 Å². The van der Waals surface area contributed by atoms with Crippen LogP contribution in [-0.2, 0) is 6.54 Å². The molecule has 2 aromatic carbocycles. The van der Waals surface area contributed by atoms with Crippen molar-refractivity contribution in [3.05, 3.63) is 59.4 Å². The largest absolute Gasteiger partial charge is 0.496 e. The van der Waals surface area contributed by atoms with Crippen LogP contribution in [0.15, 0.2) is 47.5 Å². The molecule has 1 heterocycles. The van der Waals surface area contributed by atoms with E-state index in [1.807, 2.05) is 37.3 Å². The molecule has 0 aliphatic carbocycles. The van der Waals surface area contributed by atoms with Gasteiger partial charge in [0.25, 0.3) is 0 Å². The second-order valence-corrected chi connectivity index (χ2v) is 6.44. The van der Waals surface area contributed by atoms with E-state index in [0.29, 0.717) is 12.5 Å². The number of benzene rings is 2. The van der Waals surface area contributed by atoms with E-state index in [-0.39, 0.29) is 29.8 Å². The normalized spacial score (nSPS) is 14.7. The number of piperazine rings is 1. The fraction of sp³-hybridized carbons (Fsp3) is 0.350. The van der Waals surface area contributed by atoms with Crippen LogP contribution in [0.25, 0.3) is 0 Å². The summed E-state index contributed by atoms with van der Waals surface area (Å²) in [6, 6.07) is 12.7. The van der Waals surface area contributed by atoms with Crippen molar-refractivity contribution in [1.29, 1.82) is 0 Å². The first-order chi connectivity index (χ1) is 12.6. The zero-order chi connectivity index (χ0) is 18.5. The van der Waals surface area contributed by atoms with E-state index in [1.54, 1.807) is 7.11 Å². The van der Waals surface area contributed by atoms with E-state index in [9.17, 15) is 4.39 Å². The molecule has 1 aliphatic rings. The van der Waals surface area contributed by atoms with Crippen molar-refractivity contribution in [2.75, 3.05) is 38.2 Å². The molecular formula is C20H26FIN4O. The van der Waals surface area contributed by atoms with Crippen LogP contribution in [-0.4, -0.2) is 44.1 Å². The van der Waals surface area contributed by atoms with Gasteiger partial charge in [-0.05, 0) is 42.8 Å². The number of aryl methyl sites for hydroxylation is 1. The maximum absolute atomic E-state index is 13.1. The number of methoxy groups -OCH3 is 1. The molecule has 5 nitrogen and oxygen atoms in total. The van der Waals surface area contributed by atoms with Crippen molar-refractivity contribution < 1.29 is 9.13 Å². The highest BCUT2D eigenvalue weighted by atomic mass is 127. The Morgan fingerprint density at radius 2 is 1.78 bits per heavy atom. The number of anilines is 1. The molecule has 0 bridgehead atoms. The Balaban J connectivity index is 0.00000261. The highest BCUT2D eigenvalue weighted by molar-refractivity contribution is 14.0. The van der Waals surface area contributed by atoms with Crippen LogP contribution in [0.3, 0.4) is 0 Å². The lowest BCUT2D eigenvalue weighted by molar-refractivity contribution is 0.380. The quantitative estimate of drug-likeness (QED) is 0.411. The van der Waals surface area contributed by atoms with Crippen molar-refractivity contribution in [2.24, 2.45) is 10.7 Å². The highest BCUT2D eigenvalue weighted by Crippen LogP contribution is 2.21. The number of halogens is 2. The van der Waals surface area contributed by atoms with Crippen LogP contribution in [0, 0.1) is 12.7 Å². The lowest BCUT2D eigenvalue weighted by Crippen LogP contribution is -2.51. The van der Waals surface area contributed by atoms with Gasteiger partial charge in [-0.3, -0.25) is 0 Å². The van der Waals surface area contributed by atoms with Crippen LogP contribution in [0.1, 0.15) is 11.1 Å². The molecule has 7 heteroatoms. The van der Waals surface area contributed by atoms with E-state index < -0.39 is 0 Å². The monoisotopic (exact) mass is 484 g/mol. The number of rotatable bonds is 4. The van der Waals surface area contributed by atoms with Gasteiger partial charge in [-0.25, -0.2) is 9.38 Å². The first-order valence-corrected chi connectivity index (χ1v) is 8.75. The summed E-state index contributed by atoms with van der Waals surface area (Å²) in [5.74, 6) is 1.17. The summed E-state index contributed by atoms with van der Waals surface area (Å²) in [6.45, 7) is 5.76. The third-order valence-corrected chi connectivity index (χ3v) is 4.65. The molecule has 0 unspecified atom stereocenters. The topological polar surface area (TPSA) is 54.1 Å². The van der Waals surface area contributed by atoms with Crippen molar-refractivity contribution in [2.45, 2.75) is 13.5 Å². The SMILES string of the molecule is COc1cc(C)ccc1CN=C(N)N1CCN(c2ccc(F)cc2)CC1.I. The number of ether oxygens (including phenoxy) is 1. The maximum Gasteiger partial charge on any atom is 0.191 e. The second kappa shape index (κ2) is 9.77. The zero-order valence-electron chi connectivity index (χ0n) is 15.7. The van der Waals surface area contributed by atoms with Gasteiger partial charge in [0.05, 0.1) is 13.7 Å². The zero-order valence-corrected chi connectivity index (χ0v) is 18.0. The summed E-state index contributed by atoms with van der Waals surface area (Å²) in [4.78, 5) is 8.85. The minimum absolute atomic E-state index is 0. The number of aliphatic imine (C=N–C) groups is 1. The van der Waals surface area contributed by atoms with E-state index in [1.165, 1.54) is 12.1 Å². The third-order valence-electron chi connectivity index (χ3n) is 4.65. The van der Waals surface area contributed by atoms with Crippen LogP contribution >= 0.6 is 24.0 Å². The maximum atomic E-state index is 13.1. The fourth-order valence-electron chi connectivity index (χ4n) is 3.09. The standard InChI is InChI=1S/C20H25FN4O.HI/c1-15-3-4-16(19(13-15)26-2)14-23-20(22)25-11-9-24(10-12-25)18-7-5-17(21)6-8-18;/h3-8,13H,9-12,14H2,1-2H3,(H2,22,23);1H. The van der Waals surface area contributed by atoms with Crippen LogP contribution in [0.4, 0.5) is 10.1 Å². The number of nitrogens with two attached hydrogens (primary N) is 1. The highest BCUT2D eigenvalue weighted by Gasteiger charge is 2.18. The minimum atomic E-state index is -0.213. The summed E-state index contributed by atoms with van der Waals surface area (Å²) in [5.41, 5.74) is 9.39. The number of guanidine groups is 1. The van der Waals surface area contributed by atoms with Gasteiger partial charge < -0.3 is 20.3 Å². The van der Waals surface area contributed by atoms with Gasteiger partial charge in [0.1, 0.15) is 11.6 Å². The summed E-state index contributed by atoms with van der Waals surface area (Å²) in [6.07, 6.45) is 0. The Kier molecular flexibility index (Phi) is 7.70. The van der Waals surface area contributed by atoms with E-state index in [2.05, 4.69) is 14.8 Å². The molecule has 2 N–H and O–H groups in total. The Hall–Kier alpha value is -2.03. The molecule has 146 valence electrons. The van der Waals surface area contributed by atoms with Gasteiger partial charge in [0.15, 0.2) is 5.96 Å². The lowest BCUT2D eigenvalue weighted by Gasteiger charge is -2.36. The summed E-state index contributed by atoms with van der Waals surface area (Å²) in [7, 11) is 1.67. The Morgan fingerprint density at radius 1 is 1.11 bits per heavy atom. The average molecular weight is 484 g/mol. The summed E-state index contributed by atoms with van der Waals surface area (Å²) >= 11 is 0.